The molecule has 0 saturated carbocycles. The highest BCUT2D eigenvalue weighted by Crippen LogP contribution is 2.24. The molecule has 0 aliphatic rings. The van der Waals surface area contributed by atoms with E-state index in [-0.39, 0.29) is 18.5 Å². The van der Waals surface area contributed by atoms with Gasteiger partial charge in [0.2, 0.25) is 4.32 Å². The minimum atomic E-state index is -1.43. The summed E-state index contributed by atoms with van der Waals surface area (Å²) in [4.78, 5) is 22.8. The first-order valence-electron chi connectivity index (χ1n) is 4.12. The number of alkyl halides is 2. The highest BCUT2D eigenvalue weighted by molar-refractivity contribution is 9.12. The monoisotopic (exact) mass is 330 g/mol. The van der Waals surface area contributed by atoms with E-state index in [0.717, 1.165) is 0 Å². The average Bonchev–Trinajstić information content (AvgIpc) is 2.17. The van der Waals surface area contributed by atoms with Crippen molar-refractivity contribution in [2.45, 2.75) is 18.2 Å². The number of carbonyl (C=O) groups excluding carboxylic acids is 2. The van der Waals surface area contributed by atoms with Crippen molar-refractivity contribution in [3.63, 3.8) is 0 Å². The SMILES string of the molecule is CCOC(=O)C(Br)(CBr)C(=O)OCC. The van der Waals surface area contributed by atoms with Gasteiger partial charge in [-0.05, 0) is 13.8 Å². The van der Waals surface area contributed by atoms with Gasteiger partial charge in [-0.25, -0.2) is 9.59 Å². The fourth-order valence-electron chi connectivity index (χ4n) is 0.683. The molecule has 0 aliphatic carbocycles. The van der Waals surface area contributed by atoms with E-state index in [0.29, 0.717) is 0 Å². The van der Waals surface area contributed by atoms with Crippen LogP contribution in [0.5, 0.6) is 0 Å². The normalized spacial score (nSPS) is 10.9. The van der Waals surface area contributed by atoms with Crippen LogP contribution in [0.25, 0.3) is 0 Å². The van der Waals surface area contributed by atoms with E-state index in [9.17, 15) is 9.59 Å². The lowest BCUT2D eigenvalue weighted by molar-refractivity contribution is -0.157. The Kier molecular flexibility index (Phi) is 6.35. The van der Waals surface area contributed by atoms with Crippen molar-refractivity contribution in [2.75, 3.05) is 18.5 Å². The largest absolute Gasteiger partial charge is 0.464 e. The fraction of sp³-hybridized carbons (Fsp3) is 0.750. The van der Waals surface area contributed by atoms with E-state index in [4.69, 9.17) is 9.47 Å². The number of hydrogen-bond donors (Lipinski definition) is 0. The van der Waals surface area contributed by atoms with Gasteiger partial charge in [-0.15, -0.1) is 0 Å². The molecule has 0 unspecified atom stereocenters. The summed E-state index contributed by atoms with van der Waals surface area (Å²) in [5, 5.41) is 0.109. The zero-order valence-corrected chi connectivity index (χ0v) is 11.2. The summed E-state index contributed by atoms with van der Waals surface area (Å²) < 4.78 is 8.07. The van der Waals surface area contributed by atoms with Gasteiger partial charge in [0.05, 0.1) is 13.2 Å². The second-order valence-electron chi connectivity index (χ2n) is 2.38. The minimum absolute atomic E-state index is 0.109. The zero-order chi connectivity index (χ0) is 11.2. The van der Waals surface area contributed by atoms with Crippen molar-refractivity contribution in [3.8, 4) is 0 Å². The Hall–Kier alpha value is -0.100. The lowest BCUT2D eigenvalue weighted by atomic mass is 10.2. The lowest BCUT2D eigenvalue weighted by Gasteiger charge is -2.20. The number of halogens is 2. The van der Waals surface area contributed by atoms with E-state index < -0.39 is 16.3 Å². The van der Waals surface area contributed by atoms with E-state index >= 15 is 0 Å². The molecule has 6 heteroatoms. The van der Waals surface area contributed by atoms with Crippen LogP contribution in [0.2, 0.25) is 0 Å². The molecule has 0 radical (unpaired) electrons. The lowest BCUT2D eigenvalue weighted by Crippen LogP contribution is -2.45. The molecule has 0 aromatic rings. The number of rotatable bonds is 5. The first-order chi connectivity index (χ1) is 6.52. The van der Waals surface area contributed by atoms with Crippen LogP contribution < -0.4 is 0 Å². The molecule has 4 nitrogen and oxygen atoms in total. The fourth-order valence-corrected chi connectivity index (χ4v) is 1.37. The molecule has 0 aromatic heterocycles. The summed E-state index contributed by atoms with van der Waals surface area (Å²) in [7, 11) is 0. The Labute approximate surface area is 99.6 Å². The van der Waals surface area contributed by atoms with Gasteiger partial charge in [0, 0.05) is 5.33 Å². The van der Waals surface area contributed by atoms with Gasteiger partial charge < -0.3 is 9.47 Å². The smallest absolute Gasteiger partial charge is 0.335 e. The first-order valence-corrected chi connectivity index (χ1v) is 6.03. The molecule has 0 spiro atoms. The van der Waals surface area contributed by atoms with Crippen LogP contribution in [0, 0.1) is 0 Å². The van der Waals surface area contributed by atoms with Crippen LogP contribution in [-0.4, -0.2) is 34.8 Å². The van der Waals surface area contributed by atoms with Crippen LogP contribution in [0.15, 0.2) is 0 Å². The van der Waals surface area contributed by atoms with Gasteiger partial charge in [-0.3, -0.25) is 0 Å². The third kappa shape index (κ3) is 3.24. The number of carbonyl (C=O) groups is 2. The second-order valence-corrected chi connectivity index (χ2v) is 4.29. The Morgan fingerprint density at radius 3 is 1.71 bits per heavy atom. The molecule has 0 amide bonds. The number of hydrogen-bond acceptors (Lipinski definition) is 4. The number of esters is 2. The third-order valence-corrected chi connectivity index (χ3v) is 3.90. The maximum Gasteiger partial charge on any atom is 0.335 e. The molecule has 0 aromatic carbocycles. The van der Waals surface area contributed by atoms with Crippen LogP contribution in [-0.2, 0) is 19.1 Å². The van der Waals surface area contributed by atoms with Gasteiger partial charge in [0.15, 0.2) is 0 Å². The molecule has 0 heterocycles. The first kappa shape index (κ1) is 13.9. The summed E-state index contributed by atoms with van der Waals surface area (Å²) >= 11 is 6.09. The summed E-state index contributed by atoms with van der Waals surface area (Å²) in [5.41, 5.74) is 0. The second kappa shape index (κ2) is 6.40. The molecule has 0 aliphatic heterocycles. The van der Waals surface area contributed by atoms with E-state index in [1.807, 2.05) is 0 Å². The molecule has 82 valence electrons. The Balaban J connectivity index is 4.60. The Morgan fingerprint density at radius 2 is 1.50 bits per heavy atom. The standard InChI is InChI=1S/C8H12Br2O4/c1-3-13-6(11)8(10,5-9)7(12)14-4-2/h3-5H2,1-2H3. The van der Waals surface area contributed by atoms with Crippen LogP contribution in [0.1, 0.15) is 13.8 Å². The summed E-state index contributed by atoms with van der Waals surface area (Å²) in [5.74, 6) is -1.29. The summed E-state index contributed by atoms with van der Waals surface area (Å²) in [6.07, 6.45) is 0. The highest BCUT2D eigenvalue weighted by Gasteiger charge is 2.45. The van der Waals surface area contributed by atoms with E-state index in [2.05, 4.69) is 31.9 Å². The van der Waals surface area contributed by atoms with Crippen molar-refractivity contribution < 1.29 is 19.1 Å². The average molecular weight is 332 g/mol. The van der Waals surface area contributed by atoms with E-state index in [1.54, 1.807) is 13.8 Å². The van der Waals surface area contributed by atoms with Gasteiger partial charge >= 0.3 is 11.9 Å². The predicted molar refractivity (Wildman–Crippen MR) is 58.7 cm³/mol. The molecular formula is C8H12Br2O4. The van der Waals surface area contributed by atoms with Gasteiger partial charge in [-0.2, -0.15) is 0 Å². The highest BCUT2D eigenvalue weighted by atomic mass is 79.9. The van der Waals surface area contributed by atoms with Gasteiger partial charge in [0.25, 0.3) is 0 Å². The molecule has 0 atom stereocenters. The molecule has 0 rings (SSSR count). The van der Waals surface area contributed by atoms with Gasteiger partial charge in [-0.1, -0.05) is 31.9 Å². The molecule has 0 saturated heterocycles. The Bertz CT molecular complexity index is 199. The zero-order valence-electron chi connectivity index (χ0n) is 8.01. The third-order valence-electron chi connectivity index (χ3n) is 1.38. The quantitative estimate of drug-likeness (QED) is 0.436. The van der Waals surface area contributed by atoms with Crippen molar-refractivity contribution in [1.29, 1.82) is 0 Å². The molecule has 0 fully saturated rings. The van der Waals surface area contributed by atoms with Crippen molar-refractivity contribution >= 4 is 43.8 Å². The number of ether oxygens (including phenoxy) is 2. The van der Waals surface area contributed by atoms with Crippen molar-refractivity contribution in [3.05, 3.63) is 0 Å². The van der Waals surface area contributed by atoms with Crippen molar-refractivity contribution in [2.24, 2.45) is 0 Å². The molecule has 0 bridgehead atoms. The molecular weight excluding hydrogens is 320 g/mol. The maximum atomic E-state index is 11.4. The predicted octanol–water partition coefficient (Wildman–Crippen LogP) is 1.64. The van der Waals surface area contributed by atoms with Crippen LogP contribution in [0.3, 0.4) is 0 Å². The molecule has 0 N–H and O–H groups in total. The summed E-state index contributed by atoms with van der Waals surface area (Å²) in [6.45, 7) is 3.78. The van der Waals surface area contributed by atoms with E-state index in [1.165, 1.54) is 0 Å². The minimum Gasteiger partial charge on any atom is -0.464 e. The summed E-state index contributed by atoms with van der Waals surface area (Å²) in [6, 6.07) is 0. The van der Waals surface area contributed by atoms with Crippen LogP contribution in [0.4, 0.5) is 0 Å². The van der Waals surface area contributed by atoms with Crippen LogP contribution >= 0.6 is 31.9 Å². The van der Waals surface area contributed by atoms with Crippen molar-refractivity contribution in [1.82, 2.24) is 0 Å². The van der Waals surface area contributed by atoms with Gasteiger partial charge in [0.1, 0.15) is 0 Å². The maximum absolute atomic E-state index is 11.4. The molecule has 14 heavy (non-hydrogen) atoms. The Morgan fingerprint density at radius 1 is 1.14 bits per heavy atom. The topological polar surface area (TPSA) is 52.6 Å².